The molecule has 0 aliphatic heterocycles. The summed E-state index contributed by atoms with van der Waals surface area (Å²) >= 11 is 0. The highest BCUT2D eigenvalue weighted by Gasteiger charge is 2.40. The molecule has 0 aromatic carbocycles. The molecule has 1 aromatic rings. The maximum atomic E-state index is 12.3. The number of rotatable bonds is 4. The number of carbonyl (C=O) groups excluding carboxylic acids is 1. The van der Waals surface area contributed by atoms with E-state index >= 15 is 0 Å². The topological polar surface area (TPSA) is 93.3 Å². The summed E-state index contributed by atoms with van der Waals surface area (Å²) in [6.45, 7) is 0. The van der Waals surface area contributed by atoms with Crippen LogP contribution < -0.4 is 15.6 Å². The van der Waals surface area contributed by atoms with E-state index in [1.807, 2.05) is 0 Å². The largest absolute Gasteiger partial charge is 0.490 e. The number of amides is 1. The van der Waals surface area contributed by atoms with Crippen molar-refractivity contribution in [2.24, 2.45) is 0 Å². The summed E-state index contributed by atoms with van der Waals surface area (Å²) < 4.78 is 10.4. The summed E-state index contributed by atoms with van der Waals surface area (Å²) in [4.78, 5) is 31.3. The summed E-state index contributed by atoms with van der Waals surface area (Å²) in [6.07, 6.45) is 8.48. The second-order valence-corrected chi connectivity index (χ2v) is 6.36. The van der Waals surface area contributed by atoms with Crippen molar-refractivity contribution in [2.45, 2.75) is 63.0 Å². The Kier molecular flexibility index (Phi) is 4.54. The minimum Gasteiger partial charge on any atom is -0.490 e. The van der Waals surface area contributed by atoms with Crippen LogP contribution in [-0.2, 0) is 10.3 Å². The standard InChI is InChI=1S/C16H23N3O4/c1-22-12-10-17-14(18-13(12)20)16(8-4-5-9-16)19-15(21)23-11-6-2-3-7-11/h10-11H,2-9H2,1H3,(H,19,21)(H,17,18,20). The molecule has 0 saturated heterocycles. The van der Waals surface area contributed by atoms with Gasteiger partial charge >= 0.3 is 6.09 Å². The fraction of sp³-hybridized carbons (Fsp3) is 0.688. The van der Waals surface area contributed by atoms with E-state index in [0.29, 0.717) is 5.82 Å². The van der Waals surface area contributed by atoms with Crippen molar-refractivity contribution in [1.82, 2.24) is 15.3 Å². The molecular weight excluding hydrogens is 298 g/mol. The molecule has 7 nitrogen and oxygen atoms in total. The van der Waals surface area contributed by atoms with E-state index < -0.39 is 11.6 Å². The smallest absolute Gasteiger partial charge is 0.408 e. The Morgan fingerprint density at radius 3 is 2.61 bits per heavy atom. The third-order valence-electron chi connectivity index (χ3n) is 4.81. The van der Waals surface area contributed by atoms with E-state index in [1.165, 1.54) is 13.3 Å². The average Bonchev–Trinajstić information content (AvgIpc) is 3.19. The van der Waals surface area contributed by atoms with Crippen molar-refractivity contribution in [3.63, 3.8) is 0 Å². The van der Waals surface area contributed by atoms with E-state index in [1.54, 1.807) is 0 Å². The molecule has 126 valence electrons. The summed E-state index contributed by atoms with van der Waals surface area (Å²) in [5.74, 6) is 0.639. The van der Waals surface area contributed by atoms with Crippen LogP contribution >= 0.6 is 0 Å². The van der Waals surface area contributed by atoms with Crippen molar-refractivity contribution in [3.05, 3.63) is 22.4 Å². The minimum absolute atomic E-state index is 0.0105. The van der Waals surface area contributed by atoms with Crippen molar-refractivity contribution in [2.75, 3.05) is 7.11 Å². The third-order valence-corrected chi connectivity index (χ3v) is 4.81. The molecule has 1 heterocycles. The Balaban J connectivity index is 1.77. The summed E-state index contributed by atoms with van der Waals surface area (Å²) in [5, 5.41) is 2.97. The molecule has 0 radical (unpaired) electrons. The molecule has 1 aromatic heterocycles. The van der Waals surface area contributed by atoms with E-state index in [4.69, 9.17) is 9.47 Å². The van der Waals surface area contributed by atoms with Gasteiger partial charge in [-0.2, -0.15) is 0 Å². The van der Waals surface area contributed by atoms with Crippen molar-refractivity contribution in [3.8, 4) is 5.75 Å². The zero-order chi connectivity index (χ0) is 16.3. The van der Waals surface area contributed by atoms with Gasteiger partial charge in [-0.05, 0) is 38.5 Å². The fourth-order valence-corrected chi connectivity index (χ4v) is 3.55. The van der Waals surface area contributed by atoms with Gasteiger partial charge in [0.2, 0.25) is 5.75 Å². The normalized spacial score (nSPS) is 20.4. The SMILES string of the molecule is COc1cnc(C2(NC(=O)OC3CCCC3)CCCC2)[nH]c1=O. The van der Waals surface area contributed by atoms with Crippen molar-refractivity contribution >= 4 is 6.09 Å². The molecular formula is C16H23N3O4. The van der Waals surface area contributed by atoms with Gasteiger partial charge in [0, 0.05) is 0 Å². The van der Waals surface area contributed by atoms with Gasteiger partial charge in [0.1, 0.15) is 17.5 Å². The number of hydrogen-bond donors (Lipinski definition) is 2. The molecule has 3 rings (SSSR count). The molecule has 2 N–H and O–H groups in total. The molecule has 0 atom stereocenters. The maximum Gasteiger partial charge on any atom is 0.408 e. The highest BCUT2D eigenvalue weighted by molar-refractivity contribution is 5.68. The first kappa shape index (κ1) is 15.8. The van der Waals surface area contributed by atoms with Crippen LogP contribution in [0.5, 0.6) is 5.75 Å². The van der Waals surface area contributed by atoms with Crippen LogP contribution in [0, 0.1) is 0 Å². The summed E-state index contributed by atoms with van der Waals surface area (Å²) in [5.41, 5.74) is -0.990. The lowest BCUT2D eigenvalue weighted by molar-refractivity contribution is 0.0895. The predicted molar refractivity (Wildman–Crippen MR) is 83.4 cm³/mol. The number of aromatic amines is 1. The predicted octanol–water partition coefficient (Wildman–Crippen LogP) is 2.22. The Morgan fingerprint density at radius 1 is 1.30 bits per heavy atom. The van der Waals surface area contributed by atoms with Crippen LogP contribution in [0.3, 0.4) is 0 Å². The second-order valence-electron chi connectivity index (χ2n) is 6.36. The number of carbonyl (C=O) groups is 1. The lowest BCUT2D eigenvalue weighted by atomic mass is 9.96. The van der Waals surface area contributed by atoms with Gasteiger partial charge in [-0.1, -0.05) is 12.8 Å². The molecule has 2 fully saturated rings. The number of aromatic nitrogens is 2. The molecule has 2 aliphatic carbocycles. The first-order valence-electron chi connectivity index (χ1n) is 8.25. The Morgan fingerprint density at radius 2 is 2.00 bits per heavy atom. The molecule has 1 amide bonds. The van der Waals surface area contributed by atoms with Gasteiger partial charge in [0.15, 0.2) is 0 Å². The van der Waals surface area contributed by atoms with Crippen molar-refractivity contribution in [1.29, 1.82) is 0 Å². The third kappa shape index (κ3) is 3.33. The Bertz CT molecular complexity index is 616. The number of methoxy groups -OCH3 is 1. The van der Waals surface area contributed by atoms with Crippen LogP contribution in [0.15, 0.2) is 11.0 Å². The summed E-state index contributed by atoms with van der Waals surface area (Å²) in [6, 6.07) is 0. The van der Waals surface area contributed by atoms with Gasteiger partial charge in [0.05, 0.1) is 13.3 Å². The Hall–Kier alpha value is -2.05. The number of hydrogen-bond acceptors (Lipinski definition) is 5. The second kappa shape index (κ2) is 6.60. The van der Waals surface area contributed by atoms with E-state index in [0.717, 1.165) is 51.4 Å². The molecule has 0 spiro atoms. The summed E-state index contributed by atoms with van der Waals surface area (Å²) in [7, 11) is 1.43. The molecule has 2 aliphatic rings. The quantitative estimate of drug-likeness (QED) is 0.887. The van der Waals surface area contributed by atoms with E-state index in [9.17, 15) is 9.59 Å². The van der Waals surface area contributed by atoms with Crippen LogP contribution in [-0.4, -0.2) is 29.3 Å². The molecule has 0 unspecified atom stereocenters. The van der Waals surface area contributed by atoms with Gasteiger partial charge < -0.3 is 19.8 Å². The highest BCUT2D eigenvalue weighted by atomic mass is 16.6. The molecule has 2 saturated carbocycles. The highest BCUT2D eigenvalue weighted by Crippen LogP contribution is 2.37. The number of ether oxygens (including phenoxy) is 2. The van der Waals surface area contributed by atoms with Gasteiger partial charge in [-0.15, -0.1) is 0 Å². The molecule has 7 heteroatoms. The van der Waals surface area contributed by atoms with Crippen LogP contribution in [0.25, 0.3) is 0 Å². The van der Waals surface area contributed by atoms with Crippen LogP contribution in [0.2, 0.25) is 0 Å². The van der Waals surface area contributed by atoms with E-state index in [-0.39, 0.29) is 17.4 Å². The van der Waals surface area contributed by atoms with Crippen LogP contribution in [0.1, 0.15) is 57.2 Å². The first-order chi connectivity index (χ1) is 11.1. The van der Waals surface area contributed by atoms with Gasteiger partial charge in [-0.25, -0.2) is 9.78 Å². The first-order valence-corrected chi connectivity index (χ1v) is 8.25. The monoisotopic (exact) mass is 321 g/mol. The number of H-pyrrole nitrogens is 1. The zero-order valence-corrected chi connectivity index (χ0v) is 13.4. The Labute approximate surface area is 134 Å². The average molecular weight is 321 g/mol. The number of nitrogens with zero attached hydrogens (tertiary/aromatic N) is 1. The number of alkyl carbamates (subject to hydrolysis) is 1. The lowest BCUT2D eigenvalue weighted by Crippen LogP contribution is -2.46. The molecule has 23 heavy (non-hydrogen) atoms. The zero-order valence-electron chi connectivity index (χ0n) is 13.4. The van der Waals surface area contributed by atoms with Gasteiger partial charge in [0.25, 0.3) is 5.56 Å². The fourth-order valence-electron chi connectivity index (χ4n) is 3.55. The maximum absolute atomic E-state index is 12.3. The van der Waals surface area contributed by atoms with Crippen molar-refractivity contribution < 1.29 is 14.3 Å². The number of nitrogens with one attached hydrogen (secondary N) is 2. The van der Waals surface area contributed by atoms with Gasteiger partial charge in [-0.3, -0.25) is 4.79 Å². The van der Waals surface area contributed by atoms with E-state index in [2.05, 4.69) is 15.3 Å². The minimum atomic E-state index is -0.652. The lowest BCUT2D eigenvalue weighted by Gasteiger charge is -2.29. The molecule has 0 bridgehead atoms. The van der Waals surface area contributed by atoms with Crippen LogP contribution in [0.4, 0.5) is 4.79 Å².